The maximum absolute atomic E-state index is 5.35. The second-order valence-corrected chi connectivity index (χ2v) is 6.00. The summed E-state index contributed by atoms with van der Waals surface area (Å²) in [5, 5.41) is 6.66. The quantitative estimate of drug-likeness (QED) is 0.239. The lowest BCUT2D eigenvalue weighted by atomic mass is 10.1. The maximum atomic E-state index is 5.35. The highest BCUT2D eigenvalue weighted by atomic mass is 127. The monoisotopic (exact) mass is 499 g/mol. The number of benzene rings is 2. The van der Waals surface area contributed by atoms with Crippen LogP contribution in [0.1, 0.15) is 17.5 Å². The Morgan fingerprint density at radius 1 is 0.893 bits per heavy atom. The average Bonchev–Trinajstić information content (AvgIpc) is 2.73. The van der Waals surface area contributed by atoms with E-state index in [-0.39, 0.29) is 24.0 Å². The highest BCUT2D eigenvalue weighted by molar-refractivity contribution is 14.0. The zero-order chi connectivity index (χ0) is 19.5. The first-order valence-electron chi connectivity index (χ1n) is 8.98. The van der Waals surface area contributed by atoms with Gasteiger partial charge in [0.05, 0.1) is 21.3 Å². The van der Waals surface area contributed by atoms with Gasteiger partial charge in [-0.2, -0.15) is 0 Å². The summed E-state index contributed by atoms with van der Waals surface area (Å²) in [6.07, 6.45) is 1.93. The predicted octanol–water partition coefficient (Wildman–Crippen LogP) is 3.63. The van der Waals surface area contributed by atoms with E-state index >= 15 is 0 Å². The number of halogens is 1. The summed E-state index contributed by atoms with van der Waals surface area (Å²) < 4.78 is 15.9. The first-order valence-corrected chi connectivity index (χ1v) is 8.98. The fourth-order valence-corrected chi connectivity index (χ4v) is 2.72. The van der Waals surface area contributed by atoms with Gasteiger partial charge in [0, 0.05) is 20.1 Å². The molecule has 0 fully saturated rings. The van der Waals surface area contributed by atoms with Crippen LogP contribution in [0.2, 0.25) is 0 Å². The van der Waals surface area contributed by atoms with Gasteiger partial charge in [-0.3, -0.25) is 4.99 Å². The van der Waals surface area contributed by atoms with E-state index in [0.29, 0.717) is 6.54 Å². The van der Waals surface area contributed by atoms with Crippen molar-refractivity contribution in [2.45, 2.75) is 19.4 Å². The Hall–Kier alpha value is -2.16. The molecule has 154 valence electrons. The van der Waals surface area contributed by atoms with E-state index in [1.54, 1.807) is 28.4 Å². The Kier molecular flexibility index (Phi) is 11.2. The molecule has 0 heterocycles. The number of hydrogen-bond donors (Lipinski definition) is 2. The first-order chi connectivity index (χ1) is 13.2. The van der Waals surface area contributed by atoms with Gasteiger partial charge >= 0.3 is 0 Å². The lowest BCUT2D eigenvalue weighted by Gasteiger charge is -2.13. The molecular formula is C21H30IN3O3. The number of rotatable bonds is 9. The number of ether oxygens (including phenoxy) is 3. The fraction of sp³-hybridized carbons (Fsp3) is 0.381. The van der Waals surface area contributed by atoms with Gasteiger partial charge in [-0.05, 0) is 48.2 Å². The minimum Gasteiger partial charge on any atom is -0.497 e. The van der Waals surface area contributed by atoms with Crippen molar-refractivity contribution in [3.8, 4) is 17.2 Å². The molecule has 0 aliphatic carbocycles. The second-order valence-electron chi connectivity index (χ2n) is 6.00. The van der Waals surface area contributed by atoms with Gasteiger partial charge in [0.25, 0.3) is 0 Å². The molecule has 2 N–H and O–H groups in total. The third kappa shape index (κ3) is 7.46. The van der Waals surface area contributed by atoms with Crippen molar-refractivity contribution in [1.82, 2.24) is 10.6 Å². The third-order valence-corrected chi connectivity index (χ3v) is 4.20. The summed E-state index contributed by atoms with van der Waals surface area (Å²) >= 11 is 0. The molecule has 0 amide bonds. The van der Waals surface area contributed by atoms with Crippen LogP contribution in [-0.4, -0.2) is 40.9 Å². The van der Waals surface area contributed by atoms with Crippen molar-refractivity contribution in [1.29, 1.82) is 0 Å². The third-order valence-electron chi connectivity index (χ3n) is 4.20. The number of hydrogen-bond acceptors (Lipinski definition) is 4. The van der Waals surface area contributed by atoms with E-state index < -0.39 is 0 Å². The maximum Gasteiger partial charge on any atom is 0.191 e. The molecule has 0 saturated carbocycles. The normalized spacial score (nSPS) is 10.6. The summed E-state index contributed by atoms with van der Waals surface area (Å²) in [6, 6.07) is 14.0. The Morgan fingerprint density at radius 3 is 2.36 bits per heavy atom. The van der Waals surface area contributed by atoms with Crippen molar-refractivity contribution < 1.29 is 14.2 Å². The number of nitrogens with one attached hydrogen (secondary N) is 2. The summed E-state index contributed by atoms with van der Waals surface area (Å²) in [5.74, 6) is 3.15. The van der Waals surface area contributed by atoms with Gasteiger partial charge in [0.1, 0.15) is 5.75 Å². The lowest BCUT2D eigenvalue weighted by molar-refractivity contribution is 0.354. The molecule has 0 aliphatic heterocycles. The van der Waals surface area contributed by atoms with E-state index in [1.807, 2.05) is 30.3 Å². The highest BCUT2D eigenvalue weighted by Crippen LogP contribution is 2.27. The number of methoxy groups -OCH3 is 3. The number of aryl methyl sites for hydroxylation is 1. The van der Waals surface area contributed by atoms with Crippen molar-refractivity contribution in [3.05, 3.63) is 53.6 Å². The van der Waals surface area contributed by atoms with Crippen molar-refractivity contribution in [3.63, 3.8) is 0 Å². The zero-order valence-corrected chi connectivity index (χ0v) is 19.3. The van der Waals surface area contributed by atoms with Crippen LogP contribution in [0.3, 0.4) is 0 Å². The summed E-state index contributed by atoms with van der Waals surface area (Å²) in [4.78, 5) is 4.27. The molecule has 0 saturated heterocycles. The fourth-order valence-electron chi connectivity index (χ4n) is 2.72. The highest BCUT2D eigenvalue weighted by Gasteiger charge is 2.05. The van der Waals surface area contributed by atoms with Gasteiger partial charge < -0.3 is 24.8 Å². The lowest BCUT2D eigenvalue weighted by Crippen LogP contribution is -2.37. The molecule has 0 radical (unpaired) electrons. The zero-order valence-electron chi connectivity index (χ0n) is 17.0. The molecule has 2 rings (SSSR count). The van der Waals surface area contributed by atoms with Crippen LogP contribution in [0, 0.1) is 0 Å². The topological polar surface area (TPSA) is 64.1 Å². The minimum absolute atomic E-state index is 0. The predicted molar refractivity (Wildman–Crippen MR) is 124 cm³/mol. The Bertz CT molecular complexity index is 753. The molecule has 2 aromatic carbocycles. The number of aliphatic imine (C=N–C) groups is 1. The Morgan fingerprint density at radius 2 is 1.68 bits per heavy atom. The smallest absolute Gasteiger partial charge is 0.191 e. The molecule has 0 aromatic heterocycles. The Balaban J connectivity index is 0.00000392. The van der Waals surface area contributed by atoms with Crippen LogP contribution in [0.25, 0.3) is 0 Å². The summed E-state index contributed by atoms with van der Waals surface area (Å²) in [6.45, 7) is 1.51. The van der Waals surface area contributed by atoms with Crippen LogP contribution in [-0.2, 0) is 13.0 Å². The van der Waals surface area contributed by atoms with Gasteiger partial charge in [-0.1, -0.05) is 18.2 Å². The first kappa shape index (κ1) is 23.9. The van der Waals surface area contributed by atoms with E-state index in [1.165, 1.54) is 5.56 Å². The Labute approximate surface area is 184 Å². The van der Waals surface area contributed by atoms with Gasteiger partial charge in [-0.25, -0.2) is 0 Å². The molecule has 0 unspecified atom stereocenters. The molecule has 0 atom stereocenters. The molecule has 0 spiro atoms. The second kappa shape index (κ2) is 13.1. The van der Waals surface area contributed by atoms with Gasteiger partial charge in [-0.15, -0.1) is 24.0 Å². The molecule has 0 bridgehead atoms. The molecule has 6 nitrogen and oxygen atoms in total. The van der Waals surface area contributed by atoms with Crippen LogP contribution < -0.4 is 24.8 Å². The molecule has 2 aromatic rings. The average molecular weight is 499 g/mol. The van der Waals surface area contributed by atoms with E-state index in [9.17, 15) is 0 Å². The summed E-state index contributed by atoms with van der Waals surface area (Å²) in [5.41, 5.74) is 2.36. The van der Waals surface area contributed by atoms with Crippen molar-refractivity contribution >= 4 is 29.9 Å². The van der Waals surface area contributed by atoms with E-state index in [0.717, 1.165) is 48.2 Å². The van der Waals surface area contributed by atoms with E-state index in [2.05, 4.69) is 27.8 Å². The minimum atomic E-state index is 0. The van der Waals surface area contributed by atoms with Crippen molar-refractivity contribution in [2.24, 2.45) is 4.99 Å². The van der Waals surface area contributed by atoms with Gasteiger partial charge in [0.2, 0.25) is 0 Å². The molecule has 0 aliphatic rings. The molecule has 28 heavy (non-hydrogen) atoms. The van der Waals surface area contributed by atoms with Crippen LogP contribution in [0.4, 0.5) is 0 Å². The number of nitrogens with zero attached hydrogens (tertiary/aromatic N) is 1. The van der Waals surface area contributed by atoms with E-state index in [4.69, 9.17) is 14.2 Å². The largest absolute Gasteiger partial charge is 0.497 e. The molecular weight excluding hydrogens is 469 g/mol. The molecule has 7 heteroatoms. The standard InChI is InChI=1S/C21H29N3O3.HI/c1-22-21(24-15-17-7-5-9-18(13-17)25-2)23-12-6-8-16-10-11-19(26-3)20(14-16)27-4;/h5,7,9-11,13-14H,6,8,12,15H2,1-4H3,(H2,22,23,24);1H. The summed E-state index contributed by atoms with van der Waals surface area (Å²) in [7, 11) is 6.74. The van der Waals surface area contributed by atoms with Crippen LogP contribution in [0.5, 0.6) is 17.2 Å². The number of guanidine groups is 1. The van der Waals surface area contributed by atoms with Crippen LogP contribution in [0.15, 0.2) is 47.5 Å². The van der Waals surface area contributed by atoms with Crippen LogP contribution >= 0.6 is 24.0 Å². The van der Waals surface area contributed by atoms with Crippen molar-refractivity contribution in [2.75, 3.05) is 34.9 Å². The van der Waals surface area contributed by atoms with Gasteiger partial charge in [0.15, 0.2) is 17.5 Å². The SMILES string of the molecule is CN=C(NCCCc1ccc(OC)c(OC)c1)NCc1cccc(OC)c1.I.